The van der Waals surface area contributed by atoms with Gasteiger partial charge in [0.25, 0.3) is 5.91 Å². The van der Waals surface area contributed by atoms with Crippen molar-refractivity contribution < 1.29 is 14.6 Å². The van der Waals surface area contributed by atoms with E-state index in [0.29, 0.717) is 16.3 Å². The first-order valence-corrected chi connectivity index (χ1v) is 6.75. The number of nitrogens with one attached hydrogen (secondary N) is 1. The molecule has 1 amide bonds. The predicted octanol–water partition coefficient (Wildman–Crippen LogP) is 2.62. The lowest BCUT2D eigenvalue weighted by Gasteiger charge is -2.06. The molecule has 20 heavy (non-hydrogen) atoms. The Bertz CT molecular complexity index is 636. The Kier molecular flexibility index (Phi) is 4.37. The monoisotopic (exact) mass is 290 g/mol. The van der Waals surface area contributed by atoms with Gasteiger partial charge in [-0.15, -0.1) is 11.3 Å². The van der Waals surface area contributed by atoms with Crippen molar-refractivity contribution in [1.29, 1.82) is 0 Å². The quantitative estimate of drug-likeness (QED) is 0.671. The van der Waals surface area contributed by atoms with E-state index in [2.05, 4.69) is 10.5 Å². The van der Waals surface area contributed by atoms with Crippen molar-refractivity contribution in [2.45, 2.75) is 6.92 Å². The van der Waals surface area contributed by atoms with E-state index in [0.717, 1.165) is 5.56 Å². The number of phenolic OH excluding ortho intramolecular Hbond substituents is 1. The third-order valence-corrected chi connectivity index (χ3v) is 3.54. The molecule has 0 aliphatic carbocycles. The van der Waals surface area contributed by atoms with Gasteiger partial charge < -0.3 is 9.84 Å². The molecule has 0 aliphatic heterocycles. The van der Waals surface area contributed by atoms with Crippen LogP contribution < -0.4 is 10.2 Å². The molecule has 1 aromatic heterocycles. The summed E-state index contributed by atoms with van der Waals surface area (Å²) >= 11 is 1.35. The molecule has 5 nitrogen and oxygen atoms in total. The summed E-state index contributed by atoms with van der Waals surface area (Å²) in [5.41, 5.74) is 3.87. The molecule has 1 heterocycles. The Labute approximate surface area is 120 Å². The Morgan fingerprint density at radius 1 is 1.40 bits per heavy atom. The first-order valence-electron chi connectivity index (χ1n) is 5.87. The maximum atomic E-state index is 11.7. The van der Waals surface area contributed by atoms with Gasteiger partial charge >= 0.3 is 0 Å². The number of hydrogen-bond donors (Lipinski definition) is 2. The normalized spacial score (nSPS) is 11.2. The summed E-state index contributed by atoms with van der Waals surface area (Å²) in [4.78, 5) is 12.3. The third kappa shape index (κ3) is 3.16. The van der Waals surface area contributed by atoms with E-state index < -0.39 is 0 Å². The molecule has 0 saturated carbocycles. The van der Waals surface area contributed by atoms with Gasteiger partial charge in [-0.05, 0) is 36.6 Å². The van der Waals surface area contributed by atoms with E-state index in [1.54, 1.807) is 31.2 Å². The summed E-state index contributed by atoms with van der Waals surface area (Å²) in [6, 6.07) is 8.42. The van der Waals surface area contributed by atoms with Crippen LogP contribution in [0.2, 0.25) is 0 Å². The highest BCUT2D eigenvalue weighted by Crippen LogP contribution is 2.26. The number of amides is 1. The fraction of sp³-hybridized carbons (Fsp3) is 0.143. The lowest BCUT2D eigenvalue weighted by atomic mass is 10.1. The Morgan fingerprint density at radius 3 is 2.85 bits per heavy atom. The number of nitrogens with zero attached hydrogens (tertiary/aromatic N) is 1. The van der Waals surface area contributed by atoms with E-state index in [9.17, 15) is 9.90 Å². The van der Waals surface area contributed by atoms with E-state index in [1.807, 2.05) is 5.38 Å². The summed E-state index contributed by atoms with van der Waals surface area (Å²) in [5.74, 6) is 0.179. The first kappa shape index (κ1) is 14.1. The second-order valence-electron chi connectivity index (χ2n) is 4.00. The first-order chi connectivity index (χ1) is 9.61. The van der Waals surface area contributed by atoms with E-state index in [1.165, 1.54) is 24.5 Å². The number of ether oxygens (including phenoxy) is 1. The smallest absolute Gasteiger partial charge is 0.281 e. The SMILES string of the molecule is COc1cc(C(C)=NNC(=O)c2cccs2)ccc1O. The zero-order chi connectivity index (χ0) is 14.5. The summed E-state index contributed by atoms with van der Waals surface area (Å²) < 4.78 is 5.03. The van der Waals surface area contributed by atoms with Crippen LogP contribution in [0.4, 0.5) is 0 Å². The molecular formula is C14H14N2O3S. The van der Waals surface area contributed by atoms with Crippen molar-refractivity contribution >= 4 is 23.0 Å². The largest absolute Gasteiger partial charge is 0.504 e. The van der Waals surface area contributed by atoms with Crippen LogP contribution in [-0.4, -0.2) is 23.8 Å². The van der Waals surface area contributed by atoms with Crippen molar-refractivity contribution in [1.82, 2.24) is 5.43 Å². The molecule has 104 valence electrons. The number of methoxy groups -OCH3 is 1. The van der Waals surface area contributed by atoms with Crippen LogP contribution in [0, 0.1) is 0 Å². The van der Waals surface area contributed by atoms with Crippen LogP contribution in [0.3, 0.4) is 0 Å². The predicted molar refractivity (Wildman–Crippen MR) is 78.7 cm³/mol. The number of hydrazone groups is 1. The van der Waals surface area contributed by atoms with Crippen molar-refractivity contribution in [3.8, 4) is 11.5 Å². The van der Waals surface area contributed by atoms with E-state index in [-0.39, 0.29) is 11.7 Å². The summed E-state index contributed by atoms with van der Waals surface area (Å²) in [7, 11) is 1.48. The topological polar surface area (TPSA) is 70.9 Å². The van der Waals surface area contributed by atoms with Crippen LogP contribution in [0.25, 0.3) is 0 Å². The number of rotatable bonds is 4. The lowest BCUT2D eigenvalue weighted by molar-refractivity contribution is 0.0959. The lowest BCUT2D eigenvalue weighted by Crippen LogP contribution is -2.18. The average molecular weight is 290 g/mol. The number of benzene rings is 1. The van der Waals surface area contributed by atoms with Crippen molar-refractivity contribution in [2.24, 2.45) is 5.10 Å². The van der Waals surface area contributed by atoms with Gasteiger partial charge in [0.05, 0.1) is 17.7 Å². The molecule has 0 unspecified atom stereocenters. The van der Waals surface area contributed by atoms with Crippen molar-refractivity contribution in [2.75, 3.05) is 7.11 Å². The third-order valence-electron chi connectivity index (χ3n) is 2.67. The van der Waals surface area contributed by atoms with Crippen molar-refractivity contribution in [3.63, 3.8) is 0 Å². The maximum Gasteiger partial charge on any atom is 0.281 e. The highest BCUT2D eigenvalue weighted by Gasteiger charge is 2.07. The van der Waals surface area contributed by atoms with Crippen LogP contribution in [0.15, 0.2) is 40.8 Å². The van der Waals surface area contributed by atoms with Gasteiger partial charge in [-0.2, -0.15) is 5.10 Å². The number of thiophene rings is 1. The zero-order valence-corrected chi connectivity index (χ0v) is 11.9. The maximum absolute atomic E-state index is 11.7. The van der Waals surface area contributed by atoms with Crippen LogP contribution in [0.5, 0.6) is 11.5 Å². The van der Waals surface area contributed by atoms with Crippen molar-refractivity contribution in [3.05, 3.63) is 46.2 Å². The molecule has 6 heteroatoms. The number of carbonyl (C=O) groups excluding carboxylic acids is 1. The van der Waals surface area contributed by atoms with Gasteiger partial charge in [0.1, 0.15) is 0 Å². The second kappa shape index (κ2) is 6.21. The number of carbonyl (C=O) groups is 1. The fourth-order valence-electron chi connectivity index (χ4n) is 1.56. The summed E-state index contributed by atoms with van der Waals surface area (Å²) in [5, 5.41) is 15.4. The van der Waals surface area contributed by atoms with E-state index in [4.69, 9.17) is 4.74 Å². The minimum atomic E-state index is -0.245. The van der Waals surface area contributed by atoms with Gasteiger partial charge in [0.2, 0.25) is 0 Å². The average Bonchev–Trinajstić information content (AvgIpc) is 2.99. The molecule has 0 saturated heterocycles. The van der Waals surface area contributed by atoms with Gasteiger partial charge in [-0.3, -0.25) is 4.79 Å². The van der Waals surface area contributed by atoms with E-state index >= 15 is 0 Å². The van der Waals surface area contributed by atoms with Gasteiger partial charge in [-0.25, -0.2) is 5.43 Å². The van der Waals surface area contributed by atoms with Gasteiger partial charge in [0.15, 0.2) is 11.5 Å². The minimum Gasteiger partial charge on any atom is -0.504 e. The number of phenols is 1. The molecule has 0 aliphatic rings. The molecule has 0 atom stereocenters. The molecular weight excluding hydrogens is 276 g/mol. The van der Waals surface area contributed by atoms with Crippen LogP contribution >= 0.6 is 11.3 Å². The summed E-state index contributed by atoms with van der Waals surface area (Å²) in [6.45, 7) is 1.76. The Balaban J connectivity index is 2.12. The minimum absolute atomic E-state index is 0.0617. The highest BCUT2D eigenvalue weighted by atomic mass is 32.1. The molecule has 1 aromatic carbocycles. The fourth-order valence-corrected chi connectivity index (χ4v) is 2.18. The van der Waals surface area contributed by atoms with Gasteiger partial charge in [-0.1, -0.05) is 6.07 Å². The molecule has 0 bridgehead atoms. The highest BCUT2D eigenvalue weighted by molar-refractivity contribution is 7.12. The molecule has 0 radical (unpaired) electrons. The number of aromatic hydroxyl groups is 1. The zero-order valence-electron chi connectivity index (χ0n) is 11.1. The standard InChI is InChI=1S/C14H14N2O3S/c1-9(10-5-6-11(17)12(8-10)19-2)15-16-14(18)13-4-3-7-20-13/h3-8,17H,1-2H3,(H,16,18). The number of hydrogen-bond acceptors (Lipinski definition) is 5. The second-order valence-corrected chi connectivity index (χ2v) is 4.95. The van der Waals surface area contributed by atoms with Gasteiger partial charge in [0, 0.05) is 5.56 Å². The molecule has 0 fully saturated rings. The Morgan fingerprint density at radius 2 is 2.20 bits per heavy atom. The molecule has 2 N–H and O–H groups in total. The molecule has 2 aromatic rings. The molecule has 2 rings (SSSR count). The molecule has 0 spiro atoms. The summed E-state index contributed by atoms with van der Waals surface area (Å²) in [6.07, 6.45) is 0. The van der Waals surface area contributed by atoms with Crippen LogP contribution in [0.1, 0.15) is 22.2 Å². The van der Waals surface area contributed by atoms with Crippen LogP contribution in [-0.2, 0) is 0 Å². The Hall–Kier alpha value is -2.34.